The van der Waals surface area contributed by atoms with Gasteiger partial charge in [-0.3, -0.25) is 10.1 Å². The van der Waals surface area contributed by atoms with Crippen molar-refractivity contribution in [3.8, 4) is 11.5 Å². The molecule has 7 heteroatoms. The minimum absolute atomic E-state index is 0.0294. The monoisotopic (exact) mass is 336 g/mol. The summed E-state index contributed by atoms with van der Waals surface area (Å²) in [7, 11) is 1.48. The first-order valence-corrected chi connectivity index (χ1v) is 7.03. The maximum Gasteiger partial charge on any atom is 0.261 e. The minimum atomic E-state index is -0.420. The molecule has 114 valence electrons. The summed E-state index contributed by atoms with van der Waals surface area (Å²) < 4.78 is 5.12. The molecule has 0 aliphatic carbocycles. The summed E-state index contributed by atoms with van der Waals surface area (Å²) in [6, 6.07) is 11.2. The third-order valence-electron chi connectivity index (χ3n) is 2.79. The third kappa shape index (κ3) is 3.87. The maximum absolute atomic E-state index is 12.2. The number of nitrogens with one attached hydrogen (secondary N) is 2. The number of ether oxygens (including phenoxy) is 1. The van der Waals surface area contributed by atoms with Crippen molar-refractivity contribution in [1.29, 1.82) is 0 Å². The normalized spacial score (nSPS) is 9.91. The van der Waals surface area contributed by atoms with Crippen LogP contribution in [0.5, 0.6) is 11.5 Å². The highest BCUT2D eigenvalue weighted by molar-refractivity contribution is 7.80. The molecule has 1 amide bonds. The largest absolute Gasteiger partial charge is 0.506 e. The smallest absolute Gasteiger partial charge is 0.261 e. The molecule has 0 saturated carbocycles. The second kappa shape index (κ2) is 7.11. The second-order valence-electron chi connectivity index (χ2n) is 4.27. The number of carbonyl (C=O) groups is 1. The molecule has 2 rings (SSSR count). The molecule has 0 saturated heterocycles. The van der Waals surface area contributed by atoms with Crippen LogP contribution in [0, 0.1) is 0 Å². The highest BCUT2D eigenvalue weighted by atomic mass is 35.5. The number of anilines is 1. The number of thiocarbonyl (C=S) groups is 1. The number of hydrogen-bond donors (Lipinski definition) is 3. The van der Waals surface area contributed by atoms with E-state index in [2.05, 4.69) is 10.6 Å². The number of amides is 1. The number of para-hydroxylation sites is 1. The van der Waals surface area contributed by atoms with E-state index in [0.717, 1.165) is 0 Å². The minimum Gasteiger partial charge on any atom is -0.506 e. The Morgan fingerprint density at radius 3 is 2.73 bits per heavy atom. The fourth-order valence-electron chi connectivity index (χ4n) is 1.76. The van der Waals surface area contributed by atoms with Gasteiger partial charge in [-0.2, -0.15) is 0 Å². The van der Waals surface area contributed by atoms with Crippen molar-refractivity contribution in [2.75, 3.05) is 12.4 Å². The van der Waals surface area contributed by atoms with E-state index in [-0.39, 0.29) is 10.9 Å². The van der Waals surface area contributed by atoms with Gasteiger partial charge in [-0.1, -0.05) is 23.7 Å². The van der Waals surface area contributed by atoms with Gasteiger partial charge in [0, 0.05) is 5.02 Å². The van der Waals surface area contributed by atoms with Gasteiger partial charge in [0.05, 0.1) is 18.4 Å². The molecule has 3 N–H and O–H groups in total. The van der Waals surface area contributed by atoms with E-state index < -0.39 is 5.91 Å². The standard InChI is InChI=1S/C15H13ClN2O3S/c1-21-13-5-3-2-4-10(13)14(20)18-15(22)17-11-8-9(16)6-7-12(11)19/h2-8,19H,1H3,(H2,17,18,20,22). The average molecular weight is 337 g/mol. The Bertz CT molecular complexity index is 722. The van der Waals surface area contributed by atoms with Crippen molar-refractivity contribution in [3.63, 3.8) is 0 Å². The van der Waals surface area contributed by atoms with Crippen LogP contribution in [0.4, 0.5) is 5.69 Å². The van der Waals surface area contributed by atoms with Crippen LogP contribution in [0.15, 0.2) is 42.5 Å². The Balaban J connectivity index is 2.08. The van der Waals surface area contributed by atoms with Crippen LogP contribution < -0.4 is 15.4 Å². The van der Waals surface area contributed by atoms with Gasteiger partial charge in [0.25, 0.3) is 5.91 Å². The van der Waals surface area contributed by atoms with E-state index in [1.54, 1.807) is 30.3 Å². The molecule has 0 radical (unpaired) electrons. The van der Waals surface area contributed by atoms with Crippen molar-refractivity contribution in [1.82, 2.24) is 5.32 Å². The molecule has 0 atom stereocenters. The van der Waals surface area contributed by atoms with Crippen LogP contribution in [0.3, 0.4) is 0 Å². The summed E-state index contributed by atoms with van der Waals surface area (Å²) >= 11 is 10.9. The molecule has 2 aromatic rings. The molecule has 0 aliphatic heterocycles. The van der Waals surface area contributed by atoms with Crippen molar-refractivity contribution < 1.29 is 14.6 Å². The maximum atomic E-state index is 12.2. The second-order valence-corrected chi connectivity index (χ2v) is 5.11. The average Bonchev–Trinajstić information content (AvgIpc) is 2.50. The van der Waals surface area contributed by atoms with Gasteiger partial charge < -0.3 is 15.2 Å². The number of methoxy groups -OCH3 is 1. The van der Waals surface area contributed by atoms with Gasteiger partial charge in [0.2, 0.25) is 0 Å². The van der Waals surface area contributed by atoms with Crippen LogP contribution in [-0.4, -0.2) is 23.2 Å². The fourth-order valence-corrected chi connectivity index (χ4v) is 2.14. The lowest BCUT2D eigenvalue weighted by atomic mass is 10.2. The van der Waals surface area contributed by atoms with E-state index in [4.69, 9.17) is 28.6 Å². The molecule has 0 aliphatic rings. The summed E-state index contributed by atoms with van der Waals surface area (Å²) in [6.07, 6.45) is 0. The van der Waals surface area contributed by atoms with Crippen molar-refractivity contribution >= 4 is 40.5 Å². The van der Waals surface area contributed by atoms with Crippen LogP contribution in [0.25, 0.3) is 0 Å². The summed E-state index contributed by atoms with van der Waals surface area (Å²) in [4.78, 5) is 12.2. The molecule has 0 spiro atoms. The molecule has 0 heterocycles. The van der Waals surface area contributed by atoms with E-state index in [1.807, 2.05) is 0 Å². The van der Waals surface area contributed by atoms with E-state index >= 15 is 0 Å². The number of rotatable bonds is 3. The van der Waals surface area contributed by atoms with Crippen molar-refractivity contribution in [3.05, 3.63) is 53.1 Å². The summed E-state index contributed by atoms with van der Waals surface area (Å²) in [5.74, 6) is -0.0110. The van der Waals surface area contributed by atoms with E-state index in [9.17, 15) is 9.90 Å². The molecular weight excluding hydrogens is 324 g/mol. The number of benzene rings is 2. The number of halogens is 1. The Labute approximate surface area is 137 Å². The van der Waals surface area contributed by atoms with Crippen LogP contribution in [-0.2, 0) is 0 Å². The quantitative estimate of drug-likeness (QED) is 0.593. The first kappa shape index (κ1) is 16.1. The zero-order chi connectivity index (χ0) is 16.1. The van der Waals surface area contributed by atoms with Crippen molar-refractivity contribution in [2.24, 2.45) is 0 Å². The number of phenolic OH excluding ortho intramolecular Hbond substituents is 1. The van der Waals surface area contributed by atoms with Gasteiger partial charge in [0.15, 0.2) is 5.11 Å². The van der Waals surface area contributed by atoms with Crippen molar-refractivity contribution in [2.45, 2.75) is 0 Å². The van der Waals surface area contributed by atoms with Gasteiger partial charge in [-0.25, -0.2) is 0 Å². The van der Waals surface area contributed by atoms with E-state index in [1.165, 1.54) is 19.2 Å². The Morgan fingerprint density at radius 1 is 1.27 bits per heavy atom. The lowest BCUT2D eigenvalue weighted by Crippen LogP contribution is -2.34. The molecule has 0 aromatic heterocycles. The highest BCUT2D eigenvalue weighted by Gasteiger charge is 2.13. The molecule has 22 heavy (non-hydrogen) atoms. The number of hydrogen-bond acceptors (Lipinski definition) is 4. The summed E-state index contributed by atoms with van der Waals surface area (Å²) in [5.41, 5.74) is 0.655. The highest BCUT2D eigenvalue weighted by Crippen LogP contribution is 2.26. The summed E-state index contributed by atoms with van der Waals surface area (Å²) in [6.45, 7) is 0. The predicted octanol–water partition coefficient (Wildman–Crippen LogP) is 3.18. The van der Waals surface area contributed by atoms with Gasteiger partial charge >= 0.3 is 0 Å². The molecule has 5 nitrogen and oxygen atoms in total. The first-order chi connectivity index (χ1) is 10.5. The zero-order valence-corrected chi connectivity index (χ0v) is 13.2. The number of phenols is 1. The van der Waals surface area contributed by atoms with E-state index in [0.29, 0.717) is 22.0 Å². The third-order valence-corrected chi connectivity index (χ3v) is 3.22. The molecule has 0 bridgehead atoms. The molecular formula is C15H13ClN2O3S. The molecule has 2 aromatic carbocycles. The lowest BCUT2D eigenvalue weighted by molar-refractivity contribution is 0.0975. The van der Waals surface area contributed by atoms with Gasteiger partial charge in [0.1, 0.15) is 11.5 Å². The molecule has 0 fully saturated rings. The number of carbonyl (C=O) groups excluding carboxylic acids is 1. The SMILES string of the molecule is COc1ccccc1C(=O)NC(=S)Nc1cc(Cl)ccc1O. The van der Waals surface area contributed by atoms with Crippen LogP contribution in [0.1, 0.15) is 10.4 Å². The van der Waals surface area contributed by atoms with Gasteiger partial charge in [-0.05, 0) is 42.5 Å². The zero-order valence-electron chi connectivity index (χ0n) is 11.6. The van der Waals surface area contributed by atoms with Gasteiger partial charge in [-0.15, -0.1) is 0 Å². The summed E-state index contributed by atoms with van der Waals surface area (Å²) in [5, 5.41) is 15.4. The first-order valence-electron chi connectivity index (χ1n) is 6.25. The Hall–Kier alpha value is -2.31. The Kier molecular flexibility index (Phi) is 5.19. The van der Waals surface area contributed by atoms with Crippen LogP contribution >= 0.6 is 23.8 Å². The van der Waals surface area contributed by atoms with Crippen LogP contribution in [0.2, 0.25) is 5.02 Å². The predicted molar refractivity (Wildman–Crippen MR) is 89.8 cm³/mol. The topological polar surface area (TPSA) is 70.6 Å². The number of aromatic hydroxyl groups is 1. The lowest BCUT2D eigenvalue weighted by Gasteiger charge is -2.12. The fraction of sp³-hybridized carbons (Fsp3) is 0.0667. The molecule has 0 unspecified atom stereocenters. The Morgan fingerprint density at radius 2 is 2.00 bits per heavy atom.